The van der Waals surface area contributed by atoms with Crippen molar-refractivity contribution in [3.63, 3.8) is 0 Å². The Kier molecular flexibility index (Phi) is 4.60. The Morgan fingerprint density at radius 2 is 1.90 bits per heavy atom. The zero-order valence-corrected chi connectivity index (χ0v) is 12.8. The summed E-state index contributed by atoms with van der Waals surface area (Å²) in [4.78, 5) is 24.3. The van der Waals surface area contributed by atoms with E-state index in [0.717, 1.165) is 31.6 Å². The minimum absolute atomic E-state index is 0.0174. The number of Topliss-reactive ketones (excluding diaryl/α,β-unsaturated/α-hetero) is 1. The lowest BCUT2D eigenvalue weighted by Gasteiger charge is -2.34. The standard InChI is InChI=1S/C16H22N2O3/c1-11-4-7-14(8-5-11)17(3)15-9-6-13(12(2)19)10-16(15)18(20)21/h6,9-11,14H,4-5,7-8H2,1-3H3. The molecule has 0 amide bonds. The molecule has 0 N–H and O–H groups in total. The van der Waals surface area contributed by atoms with Gasteiger partial charge < -0.3 is 4.90 Å². The van der Waals surface area contributed by atoms with E-state index in [4.69, 9.17) is 0 Å². The zero-order chi connectivity index (χ0) is 15.6. The van der Waals surface area contributed by atoms with Crippen molar-refractivity contribution in [2.75, 3.05) is 11.9 Å². The first-order valence-corrected chi connectivity index (χ1v) is 7.42. The molecule has 21 heavy (non-hydrogen) atoms. The van der Waals surface area contributed by atoms with Gasteiger partial charge in [-0.2, -0.15) is 0 Å². The Bertz CT molecular complexity index is 548. The number of hydrogen-bond acceptors (Lipinski definition) is 4. The number of nitro groups is 1. The van der Waals surface area contributed by atoms with Crippen LogP contribution in [0, 0.1) is 16.0 Å². The number of nitro benzene ring substituents is 1. The molecule has 0 saturated heterocycles. The number of carbonyl (C=O) groups excluding carboxylic acids is 1. The molecule has 0 aliphatic heterocycles. The molecule has 0 spiro atoms. The molecule has 5 heteroatoms. The van der Waals surface area contributed by atoms with Crippen LogP contribution in [0.3, 0.4) is 0 Å². The largest absolute Gasteiger partial charge is 0.366 e. The third-order valence-corrected chi connectivity index (χ3v) is 4.49. The van der Waals surface area contributed by atoms with Gasteiger partial charge in [-0.3, -0.25) is 14.9 Å². The van der Waals surface area contributed by atoms with Crippen LogP contribution in [0.2, 0.25) is 0 Å². The molecule has 1 aliphatic rings. The van der Waals surface area contributed by atoms with Crippen molar-refractivity contribution in [1.82, 2.24) is 0 Å². The van der Waals surface area contributed by atoms with Gasteiger partial charge in [-0.05, 0) is 50.7 Å². The number of carbonyl (C=O) groups is 1. The number of rotatable bonds is 4. The maximum atomic E-state index is 11.4. The van der Waals surface area contributed by atoms with Crippen LogP contribution in [-0.2, 0) is 0 Å². The van der Waals surface area contributed by atoms with Crippen LogP contribution >= 0.6 is 0 Å². The van der Waals surface area contributed by atoms with Gasteiger partial charge in [0, 0.05) is 24.7 Å². The molecule has 1 fully saturated rings. The van der Waals surface area contributed by atoms with Gasteiger partial charge in [0.2, 0.25) is 0 Å². The van der Waals surface area contributed by atoms with Crippen molar-refractivity contribution in [2.45, 2.75) is 45.6 Å². The van der Waals surface area contributed by atoms with Crippen LogP contribution in [0.15, 0.2) is 18.2 Å². The third-order valence-electron chi connectivity index (χ3n) is 4.49. The van der Waals surface area contributed by atoms with Gasteiger partial charge in [0.15, 0.2) is 5.78 Å². The lowest BCUT2D eigenvalue weighted by molar-refractivity contribution is -0.384. The van der Waals surface area contributed by atoms with Gasteiger partial charge in [0.25, 0.3) is 5.69 Å². The number of nitrogens with zero attached hydrogens (tertiary/aromatic N) is 2. The van der Waals surface area contributed by atoms with Gasteiger partial charge in [-0.25, -0.2) is 0 Å². The summed E-state index contributed by atoms with van der Waals surface area (Å²) in [6.07, 6.45) is 4.44. The Morgan fingerprint density at radius 1 is 1.29 bits per heavy atom. The van der Waals surface area contributed by atoms with E-state index < -0.39 is 4.92 Å². The summed E-state index contributed by atoms with van der Waals surface area (Å²) in [5.74, 6) is 0.587. The van der Waals surface area contributed by atoms with E-state index in [1.165, 1.54) is 13.0 Å². The lowest BCUT2D eigenvalue weighted by atomic mass is 9.86. The number of hydrogen-bond donors (Lipinski definition) is 0. The highest BCUT2D eigenvalue weighted by Gasteiger charge is 2.26. The summed E-state index contributed by atoms with van der Waals surface area (Å²) in [6.45, 7) is 3.67. The molecule has 1 aromatic rings. The van der Waals surface area contributed by atoms with E-state index in [2.05, 4.69) is 6.92 Å². The summed E-state index contributed by atoms with van der Waals surface area (Å²) in [7, 11) is 1.91. The quantitative estimate of drug-likeness (QED) is 0.480. The highest BCUT2D eigenvalue weighted by Crippen LogP contribution is 2.34. The van der Waals surface area contributed by atoms with E-state index in [1.54, 1.807) is 12.1 Å². The van der Waals surface area contributed by atoms with Crippen LogP contribution in [0.5, 0.6) is 0 Å². The fourth-order valence-electron chi connectivity index (χ4n) is 3.01. The van der Waals surface area contributed by atoms with E-state index in [0.29, 0.717) is 17.3 Å². The topological polar surface area (TPSA) is 63.5 Å². The molecule has 0 bridgehead atoms. The molecule has 0 aromatic heterocycles. The molecule has 1 saturated carbocycles. The Morgan fingerprint density at radius 3 is 2.43 bits per heavy atom. The second-order valence-corrected chi connectivity index (χ2v) is 6.04. The van der Waals surface area contributed by atoms with Crippen molar-refractivity contribution in [1.29, 1.82) is 0 Å². The monoisotopic (exact) mass is 290 g/mol. The molecule has 114 valence electrons. The SMILES string of the molecule is CC(=O)c1ccc(N(C)C2CCC(C)CC2)c([N+](=O)[O-])c1. The highest BCUT2D eigenvalue weighted by molar-refractivity contribution is 5.95. The first-order valence-electron chi connectivity index (χ1n) is 7.42. The summed E-state index contributed by atoms with van der Waals surface area (Å²) in [5.41, 5.74) is 1.00. The molecule has 0 atom stereocenters. The van der Waals surface area contributed by atoms with Crippen LogP contribution < -0.4 is 4.90 Å². The van der Waals surface area contributed by atoms with Crippen molar-refractivity contribution < 1.29 is 9.72 Å². The van der Waals surface area contributed by atoms with Crippen LogP contribution in [0.25, 0.3) is 0 Å². The fraction of sp³-hybridized carbons (Fsp3) is 0.562. The predicted octanol–water partition coefficient (Wildman–Crippen LogP) is 3.81. The van der Waals surface area contributed by atoms with Crippen LogP contribution in [-0.4, -0.2) is 23.8 Å². The van der Waals surface area contributed by atoms with Gasteiger partial charge in [0.1, 0.15) is 5.69 Å². The minimum atomic E-state index is -0.399. The third kappa shape index (κ3) is 3.40. The molecule has 0 heterocycles. The summed E-state index contributed by atoms with van der Waals surface area (Å²) in [5, 5.41) is 11.3. The summed E-state index contributed by atoms with van der Waals surface area (Å²) < 4.78 is 0. The van der Waals surface area contributed by atoms with E-state index in [-0.39, 0.29) is 11.5 Å². The Labute approximate surface area is 125 Å². The second-order valence-electron chi connectivity index (χ2n) is 6.04. The highest BCUT2D eigenvalue weighted by atomic mass is 16.6. The first kappa shape index (κ1) is 15.5. The first-order chi connectivity index (χ1) is 9.90. The van der Waals surface area contributed by atoms with E-state index in [9.17, 15) is 14.9 Å². The average Bonchev–Trinajstić information content (AvgIpc) is 2.46. The normalized spacial score (nSPS) is 21.9. The smallest absolute Gasteiger partial charge is 0.293 e. The van der Waals surface area contributed by atoms with Crippen molar-refractivity contribution in [3.05, 3.63) is 33.9 Å². The summed E-state index contributed by atoms with van der Waals surface area (Å²) >= 11 is 0. The fourth-order valence-corrected chi connectivity index (χ4v) is 3.01. The number of ketones is 1. The van der Waals surface area contributed by atoms with Gasteiger partial charge in [0.05, 0.1) is 4.92 Å². The van der Waals surface area contributed by atoms with Gasteiger partial charge in [-0.15, -0.1) is 0 Å². The van der Waals surface area contributed by atoms with E-state index >= 15 is 0 Å². The second kappa shape index (κ2) is 6.24. The van der Waals surface area contributed by atoms with Gasteiger partial charge in [-0.1, -0.05) is 6.92 Å². The molecular formula is C16H22N2O3. The maximum absolute atomic E-state index is 11.4. The zero-order valence-electron chi connectivity index (χ0n) is 12.8. The average molecular weight is 290 g/mol. The number of benzene rings is 1. The molecule has 1 aliphatic carbocycles. The lowest BCUT2D eigenvalue weighted by Crippen LogP contribution is -2.35. The minimum Gasteiger partial charge on any atom is -0.366 e. The molecule has 5 nitrogen and oxygen atoms in total. The summed E-state index contributed by atoms with van der Waals surface area (Å²) in [6, 6.07) is 5.10. The molecule has 1 aromatic carbocycles. The molecule has 0 unspecified atom stereocenters. The Hall–Kier alpha value is -1.91. The number of anilines is 1. The van der Waals surface area contributed by atoms with Crippen molar-refractivity contribution in [3.8, 4) is 0 Å². The maximum Gasteiger partial charge on any atom is 0.293 e. The van der Waals surface area contributed by atoms with Crippen LogP contribution in [0.4, 0.5) is 11.4 Å². The molecular weight excluding hydrogens is 268 g/mol. The van der Waals surface area contributed by atoms with Crippen molar-refractivity contribution in [2.24, 2.45) is 5.92 Å². The molecule has 0 radical (unpaired) electrons. The van der Waals surface area contributed by atoms with Gasteiger partial charge >= 0.3 is 0 Å². The van der Waals surface area contributed by atoms with E-state index in [1.807, 2.05) is 11.9 Å². The van der Waals surface area contributed by atoms with Crippen LogP contribution in [0.1, 0.15) is 49.9 Å². The Balaban J connectivity index is 2.29. The molecule has 2 rings (SSSR count). The predicted molar refractivity (Wildman–Crippen MR) is 82.9 cm³/mol. The van der Waals surface area contributed by atoms with Crippen molar-refractivity contribution >= 4 is 17.2 Å².